The highest BCUT2D eigenvalue weighted by Crippen LogP contribution is 2.02. The minimum Gasteiger partial charge on any atom is -0.370 e. The maximum Gasteiger partial charge on any atom is 0.190 e. The molecule has 0 saturated carbocycles. The molecule has 0 heterocycles. The first kappa shape index (κ1) is 11.3. The van der Waals surface area contributed by atoms with Crippen LogP contribution >= 0.6 is 0 Å². The summed E-state index contributed by atoms with van der Waals surface area (Å²) >= 11 is 0. The van der Waals surface area contributed by atoms with Gasteiger partial charge in [0.15, 0.2) is 5.96 Å². The van der Waals surface area contributed by atoms with E-state index in [1.807, 2.05) is 19.0 Å². The first-order valence-electron chi connectivity index (χ1n) is 4.51. The van der Waals surface area contributed by atoms with Crippen LogP contribution in [0, 0.1) is 5.92 Å². The van der Waals surface area contributed by atoms with Crippen molar-refractivity contribution in [3.8, 4) is 0 Å². The van der Waals surface area contributed by atoms with Gasteiger partial charge in [0, 0.05) is 20.6 Å². The van der Waals surface area contributed by atoms with Crippen LogP contribution in [0.2, 0.25) is 0 Å². The topological polar surface area (TPSA) is 41.6 Å². The van der Waals surface area contributed by atoms with Crippen LogP contribution < -0.4 is 5.73 Å². The molecule has 0 amide bonds. The molecule has 2 N–H and O–H groups in total. The summed E-state index contributed by atoms with van der Waals surface area (Å²) in [4.78, 5) is 6.04. The minimum absolute atomic E-state index is 0.624. The van der Waals surface area contributed by atoms with Crippen LogP contribution in [0.4, 0.5) is 0 Å². The number of nitrogens with two attached hydrogens (primary N) is 1. The lowest BCUT2D eigenvalue weighted by molar-refractivity contribution is 0.555. The van der Waals surface area contributed by atoms with Gasteiger partial charge in [-0.25, -0.2) is 0 Å². The molecule has 0 aliphatic carbocycles. The molecule has 0 aliphatic heterocycles. The van der Waals surface area contributed by atoms with E-state index in [0.29, 0.717) is 5.96 Å². The van der Waals surface area contributed by atoms with Crippen LogP contribution in [-0.4, -0.2) is 31.5 Å². The van der Waals surface area contributed by atoms with Gasteiger partial charge in [0.25, 0.3) is 0 Å². The number of hydrogen-bond donors (Lipinski definition) is 1. The van der Waals surface area contributed by atoms with E-state index in [4.69, 9.17) is 5.73 Å². The summed E-state index contributed by atoms with van der Waals surface area (Å²) in [6, 6.07) is 0. The van der Waals surface area contributed by atoms with Crippen LogP contribution in [0.25, 0.3) is 0 Å². The first-order chi connectivity index (χ1) is 5.54. The van der Waals surface area contributed by atoms with Crippen LogP contribution in [0.5, 0.6) is 0 Å². The Labute approximate surface area is 75.7 Å². The average molecular weight is 171 g/mol. The van der Waals surface area contributed by atoms with Gasteiger partial charge in [-0.1, -0.05) is 13.8 Å². The van der Waals surface area contributed by atoms with E-state index in [1.54, 1.807) is 0 Å². The van der Waals surface area contributed by atoms with Crippen molar-refractivity contribution >= 4 is 5.96 Å². The SMILES string of the molecule is CC(C)CCCN=C(N)N(C)C. The first-order valence-corrected chi connectivity index (χ1v) is 4.51. The Balaban J connectivity index is 3.47. The fourth-order valence-electron chi connectivity index (χ4n) is 0.835. The van der Waals surface area contributed by atoms with Gasteiger partial charge >= 0.3 is 0 Å². The molecule has 0 saturated heterocycles. The Morgan fingerprint density at radius 2 is 2.00 bits per heavy atom. The third-order valence-corrected chi connectivity index (χ3v) is 1.67. The normalized spacial score (nSPS) is 12.2. The Hall–Kier alpha value is -0.730. The zero-order valence-electron chi connectivity index (χ0n) is 8.67. The van der Waals surface area contributed by atoms with Gasteiger partial charge in [0.05, 0.1) is 0 Å². The van der Waals surface area contributed by atoms with Gasteiger partial charge < -0.3 is 10.6 Å². The van der Waals surface area contributed by atoms with E-state index in [1.165, 1.54) is 6.42 Å². The monoisotopic (exact) mass is 171 g/mol. The van der Waals surface area contributed by atoms with Crippen molar-refractivity contribution in [3.05, 3.63) is 0 Å². The standard InChI is InChI=1S/C9H21N3/c1-8(2)6-5-7-11-9(10)12(3)4/h8H,5-7H2,1-4H3,(H2,10,11). The number of hydrogen-bond acceptors (Lipinski definition) is 1. The number of aliphatic imine (C=N–C) groups is 1. The van der Waals surface area contributed by atoms with E-state index in [-0.39, 0.29) is 0 Å². The van der Waals surface area contributed by atoms with Crippen LogP contribution in [-0.2, 0) is 0 Å². The van der Waals surface area contributed by atoms with E-state index >= 15 is 0 Å². The molecule has 0 fully saturated rings. The van der Waals surface area contributed by atoms with E-state index < -0.39 is 0 Å². The number of rotatable bonds is 4. The van der Waals surface area contributed by atoms with Gasteiger partial charge in [-0.2, -0.15) is 0 Å². The molecule has 0 bridgehead atoms. The molecule has 0 spiro atoms. The lowest BCUT2D eigenvalue weighted by atomic mass is 10.1. The average Bonchev–Trinajstić information content (AvgIpc) is 1.97. The van der Waals surface area contributed by atoms with Crippen molar-refractivity contribution in [2.75, 3.05) is 20.6 Å². The molecule has 0 aliphatic rings. The molecular weight excluding hydrogens is 150 g/mol. The summed E-state index contributed by atoms with van der Waals surface area (Å²) in [5.74, 6) is 1.39. The third-order valence-electron chi connectivity index (χ3n) is 1.67. The summed E-state index contributed by atoms with van der Waals surface area (Å²) in [5.41, 5.74) is 5.61. The van der Waals surface area contributed by atoms with Crippen LogP contribution in [0.1, 0.15) is 26.7 Å². The van der Waals surface area contributed by atoms with E-state index in [9.17, 15) is 0 Å². The molecule has 0 rings (SSSR count). The summed E-state index contributed by atoms with van der Waals surface area (Å²) in [7, 11) is 3.81. The lowest BCUT2D eigenvalue weighted by Crippen LogP contribution is -2.30. The molecule has 0 aromatic rings. The van der Waals surface area contributed by atoms with Crippen molar-refractivity contribution in [1.82, 2.24) is 4.90 Å². The smallest absolute Gasteiger partial charge is 0.190 e. The van der Waals surface area contributed by atoms with Crippen molar-refractivity contribution in [1.29, 1.82) is 0 Å². The second-order valence-corrected chi connectivity index (χ2v) is 3.67. The maximum atomic E-state index is 5.61. The molecule has 0 atom stereocenters. The van der Waals surface area contributed by atoms with Gasteiger partial charge in [0.1, 0.15) is 0 Å². The summed E-state index contributed by atoms with van der Waals surface area (Å²) in [6.07, 6.45) is 2.36. The zero-order valence-corrected chi connectivity index (χ0v) is 8.67. The molecule has 3 nitrogen and oxygen atoms in total. The van der Waals surface area contributed by atoms with Gasteiger partial charge in [-0.15, -0.1) is 0 Å². The fourth-order valence-corrected chi connectivity index (χ4v) is 0.835. The molecular formula is C9H21N3. The fraction of sp³-hybridized carbons (Fsp3) is 0.889. The molecule has 0 radical (unpaired) electrons. The highest BCUT2D eigenvalue weighted by Gasteiger charge is 1.94. The minimum atomic E-state index is 0.624. The van der Waals surface area contributed by atoms with Gasteiger partial charge in [-0.3, -0.25) is 4.99 Å². The lowest BCUT2D eigenvalue weighted by Gasteiger charge is -2.10. The summed E-state index contributed by atoms with van der Waals surface area (Å²) in [5, 5.41) is 0. The second kappa shape index (κ2) is 5.86. The molecule has 3 heteroatoms. The van der Waals surface area contributed by atoms with Gasteiger partial charge in [-0.05, 0) is 18.8 Å². The Kier molecular flexibility index (Phi) is 5.51. The molecule has 72 valence electrons. The number of guanidine groups is 1. The molecule has 0 unspecified atom stereocenters. The van der Waals surface area contributed by atoms with Crippen LogP contribution in [0.3, 0.4) is 0 Å². The molecule has 0 aromatic heterocycles. The predicted octanol–water partition coefficient (Wildman–Crippen LogP) is 1.30. The maximum absolute atomic E-state index is 5.61. The summed E-state index contributed by atoms with van der Waals surface area (Å²) in [6.45, 7) is 5.29. The predicted molar refractivity (Wildman–Crippen MR) is 54.2 cm³/mol. The van der Waals surface area contributed by atoms with Crippen molar-refractivity contribution in [3.63, 3.8) is 0 Å². The van der Waals surface area contributed by atoms with E-state index in [2.05, 4.69) is 18.8 Å². The Bertz CT molecular complexity index is 139. The van der Waals surface area contributed by atoms with Gasteiger partial charge in [0.2, 0.25) is 0 Å². The molecule has 12 heavy (non-hydrogen) atoms. The summed E-state index contributed by atoms with van der Waals surface area (Å²) < 4.78 is 0. The zero-order chi connectivity index (χ0) is 9.56. The van der Waals surface area contributed by atoms with Crippen molar-refractivity contribution < 1.29 is 0 Å². The molecule has 0 aromatic carbocycles. The van der Waals surface area contributed by atoms with Crippen LogP contribution in [0.15, 0.2) is 4.99 Å². The Morgan fingerprint density at radius 3 is 2.42 bits per heavy atom. The number of nitrogens with zero attached hydrogens (tertiary/aromatic N) is 2. The largest absolute Gasteiger partial charge is 0.370 e. The van der Waals surface area contributed by atoms with Crippen molar-refractivity contribution in [2.45, 2.75) is 26.7 Å². The Morgan fingerprint density at radius 1 is 1.42 bits per heavy atom. The highest BCUT2D eigenvalue weighted by atomic mass is 15.2. The second-order valence-electron chi connectivity index (χ2n) is 3.67. The van der Waals surface area contributed by atoms with E-state index in [0.717, 1.165) is 18.9 Å². The highest BCUT2D eigenvalue weighted by molar-refractivity contribution is 5.77. The third kappa shape index (κ3) is 6.01. The van der Waals surface area contributed by atoms with Crippen molar-refractivity contribution in [2.24, 2.45) is 16.6 Å². The quantitative estimate of drug-likeness (QED) is 0.393.